The maximum absolute atomic E-state index is 13.6. The van der Waals surface area contributed by atoms with Crippen LogP contribution in [0.2, 0.25) is 5.04 Å². The molecule has 4 rings (SSSR count). The van der Waals surface area contributed by atoms with Gasteiger partial charge in [-0.1, -0.05) is 87.5 Å². The Kier molecular flexibility index (Phi) is 10.9. The normalized spacial score (nSPS) is 15.9. The summed E-state index contributed by atoms with van der Waals surface area (Å²) in [4.78, 5) is 26.2. The van der Waals surface area contributed by atoms with Crippen LogP contribution < -0.4 is 25.4 Å². The number of thioether (sulfide) groups is 1. The van der Waals surface area contributed by atoms with Crippen LogP contribution in [0.15, 0.2) is 78.9 Å². The average molecular weight is 633 g/mol. The minimum absolute atomic E-state index is 0.170. The number of alkyl carbamates (subject to hydrolysis) is 1. The number of hydrogen-bond acceptors (Lipinski definition) is 5. The molecule has 2 atom stereocenters. The van der Waals surface area contributed by atoms with Crippen molar-refractivity contribution in [3.63, 3.8) is 0 Å². The van der Waals surface area contributed by atoms with Crippen molar-refractivity contribution in [2.45, 2.75) is 89.9 Å². The van der Waals surface area contributed by atoms with Crippen LogP contribution in [-0.2, 0) is 16.0 Å². The number of aryl methyl sites for hydroxylation is 1. The second kappa shape index (κ2) is 14.2. The fourth-order valence-electron chi connectivity index (χ4n) is 6.04. The molecule has 0 saturated carbocycles. The topological polar surface area (TPSA) is 76.7 Å². The smallest absolute Gasteiger partial charge is 0.408 e. The molecular weight excluding hydrogens is 585 g/mol. The minimum atomic E-state index is -2.81. The standard InChI is InChI=1S/C36H48N2O4SSi/c1-35(2,3)41-34(40)38-32(23-24-43-7)33(39)37-31-20-14-15-26-21-22-27(25-30(26)31)42-44(36(4,5)6,28-16-10-8-11-17-28)29-18-12-9-13-19-29/h8-13,16-19,21-22,25,31-32H,14-15,20,23-24H2,1-7H3,(H,37,39)(H,38,40)/t31?,32-/m1/s1. The van der Waals surface area contributed by atoms with Crippen molar-refractivity contribution in [1.82, 2.24) is 10.6 Å². The first-order valence-electron chi connectivity index (χ1n) is 15.6. The lowest BCUT2D eigenvalue weighted by Crippen LogP contribution is -2.68. The van der Waals surface area contributed by atoms with E-state index in [1.54, 1.807) is 11.8 Å². The van der Waals surface area contributed by atoms with Crippen molar-refractivity contribution in [3.8, 4) is 5.75 Å². The number of fused-ring (bicyclic) bond motifs is 1. The van der Waals surface area contributed by atoms with E-state index >= 15 is 0 Å². The van der Waals surface area contributed by atoms with Gasteiger partial charge in [0.25, 0.3) is 0 Å². The fourth-order valence-corrected chi connectivity index (χ4v) is 10.9. The number of carbonyl (C=O) groups excluding carboxylic acids is 2. The van der Waals surface area contributed by atoms with E-state index in [2.05, 4.69) is 98.1 Å². The van der Waals surface area contributed by atoms with E-state index in [0.29, 0.717) is 6.42 Å². The van der Waals surface area contributed by atoms with E-state index in [-0.39, 0.29) is 17.0 Å². The number of carbonyl (C=O) groups is 2. The Balaban J connectivity index is 1.66. The van der Waals surface area contributed by atoms with Crippen LogP contribution in [0.1, 0.15) is 78.0 Å². The van der Waals surface area contributed by atoms with Crippen LogP contribution in [-0.4, -0.2) is 44.0 Å². The predicted octanol–water partition coefficient (Wildman–Crippen LogP) is 6.77. The van der Waals surface area contributed by atoms with Gasteiger partial charge in [0.2, 0.25) is 5.91 Å². The summed E-state index contributed by atoms with van der Waals surface area (Å²) in [5.74, 6) is 1.36. The molecule has 1 aliphatic rings. The van der Waals surface area contributed by atoms with Crippen molar-refractivity contribution < 1.29 is 18.8 Å². The van der Waals surface area contributed by atoms with Crippen molar-refractivity contribution in [2.75, 3.05) is 12.0 Å². The molecule has 0 heterocycles. The van der Waals surface area contributed by atoms with E-state index in [1.165, 1.54) is 15.9 Å². The summed E-state index contributed by atoms with van der Waals surface area (Å²) in [6.07, 6.45) is 4.68. The lowest BCUT2D eigenvalue weighted by molar-refractivity contribution is -0.124. The van der Waals surface area contributed by atoms with E-state index in [4.69, 9.17) is 9.16 Å². The van der Waals surface area contributed by atoms with Crippen molar-refractivity contribution in [1.29, 1.82) is 0 Å². The Morgan fingerprint density at radius 2 is 1.55 bits per heavy atom. The van der Waals surface area contributed by atoms with E-state index in [1.807, 2.05) is 39.2 Å². The van der Waals surface area contributed by atoms with Gasteiger partial charge >= 0.3 is 14.4 Å². The highest BCUT2D eigenvalue weighted by molar-refractivity contribution is 7.98. The van der Waals surface area contributed by atoms with Crippen LogP contribution in [0.3, 0.4) is 0 Å². The van der Waals surface area contributed by atoms with E-state index in [0.717, 1.165) is 36.3 Å². The highest BCUT2D eigenvalue weighted by atomic mass is 32.2. The molecule has 0 bridgehead atoms. The zero-order chi connectivity index (χ0) is 32.0. The summed E-state index contributed by atoms with van der Waals surface area (Å²) in [6, 6.07) is 26.8. The summed E-state index contributed by atoms with van der Waals surface area (Å²) >= 11 is 1.64. The molecular formula is C36H48N2O4SSi. The molecule has 2 N–H and O–H groups in total. The molecule has 2 amide bonds. The van der Waals surface area contributed by atoms with Gasteiger partial charge in [-0.05, 0) is 97.1 Å². The molecule has 0 spiro atoms. The summed E-state index contributed by atoms with van der Waals surface area (Å²) in [7, 11) is -2.81. The summed E-state index contributed by atoms with van der Waals surface area (Å²) < 4.78 is 12.8. The summed E-state index contributed by atoms with van der Waals surface area (Å²) in [5, 5.41) is 8.34. The van der Waals surface area contributed by atoms with Gasteiger partial charge in [-0.2, -0.15) is 11.8 Å². The molecule has 236 valence electrons. The molecule has 44 heavy (non-hydrogen) atoms. The van der Waals surface area contributed by atoms with Crippen LogP contribution in [0.4, 0.5) is 4.79 Å². The maximum Gasteiger partial charge on any atom is 0.408 e. The highest BCUT2D eigenvalue weighted by Crippen LogP contribution is 2.39. The SMILES string of the molecule is CSCC[C@@H](NC(=O)OC(C)(C)C)C(=O)NC1CCCc2ccc(O[Si](c3ccccc3)(c3ccccc3)C(C)(C)C)cc21. The quantitative estimate of drug-likeness (QED) is 0.242. The number of rotatable bonds is 10. The van der Waals surface area contributed by atoms with Gasteiger partial charge in [-0.25, -0.2) is 4.79 Å². The molecule has 1 unspecified atom stereocenters. The first-order valence-corrected chi connectivity index (χ1v) is 18.9. The van der Waals surface area contributed by atoms with Crippen LogP contribution in [0.25, 0.3) is 0 Å². The molecule has 3 aromatic carbocycles. The second-order valence-electron chi connectivity index (χ2n) is 13.6. The Hall–Kier alpha value is -3.23. The number of nitrogens with one attached hydrogen (secondary N) is 2. The molecule has 0 radical (unpaired) electrons. The minimum Gasteiger partial charge on any atom is -0.534 e. The molecule has 0 fully saturated rings. The molecule has 0 aliphatic heterocycles. The third-order valence-corrected chi connectivity index (χ3v) is 13.6. The van der Waals surface area contributed by atoms with Crippen LogP contribution >= 0.6 is 11.8 Å². The predicted molar refractivity (Wildman–Crippen MR) is 185 cm³/mol. The Bertz CT molecular complexity index is 1360. The lowest BCUT2D eigenvalue weighted by Gasteiger charge is -2.43. The van der Waals surface area contributed by atoms with Crippen molar-refractivity contribution >= 4 is 42.5 Å². The number of ether oxygens (including phenoxy) is 1. The molecule has 6 nitrogen and oxygen atoms in total. The van der Waals surface area contributed by atoms with Gasteiger partial charge < -0.3 is 19.8 Å². The third-order valence-electron chi connectivity index (χ3n) is 8.05. The van der Waals surface area contributed by atoms with Gasteiger partial charge in [-0.15, -0.1) is 0 Å². The van der Waals surface area contributed by atoms with Crippen molar-refractivity contribution in [3.05, 3.63) is 90.0 Å². The number of benzene rings is 3. The maximum atomic E-state index is 13.6. The first kappa shape index (κ1) is 33.7. The summed E-state index contributed by atoms with van der Waals surface area (Å²) in [5.41, 5.74) is 1.66. The largest absolute Gasteiger partial charge is 0.534 e. The molecule has 3 aromatic rings. The molecule has 8 heteroatoms. The van der Waals surface area contributed by atoms with Crippen LogP contribution in [0, 0.1) is 0 Å². The molecule has 0 saturated heterocycles. The Morgan fingerprint density at radius 1 is 0.932 bits per heavy atom. The van der Waals surface area contributed by atoms with Crippen molar-refractivity contribution in [2.24, 2.45) is 0 Å². The van der Waals surface area contributed by atoms with Gasteiger partial charge in [0, 0.05) is 0 Å². The lowest BCUT2D eigenvalue weighted by atomic mass is 9.87. The Labute approximate surface area is 268 Å². The van der Waals surface area contributed by atoms with Gasteiger partial charge in [-0.3, -0.25) is 4.79 Å². The molecule has 0 aromatic heterocycles. The third kappa shape index (κ3) is 8.07. The van der Waals surface area contributed by atoms with Gasteiger partial charge in [0.05, 0.1) is 6.04 Å². The highest BCUT2D eigenvalue weighted by Gasteiger charge is 2.52. The summed E-state index contributed by atoms with van der Waals surface area (Å²) in [6.45, 7) is 12.3. The van der Waals surface area contributed by atoms with Gasteiger partial charge in [0.1, 0.15) is 17.4 Å². The molecule has 1 aliphatic carbocycles. The second-order valence-corrected chi connectivity index (χ2v) is 18.8. The Morgan fingerprint density at radius 3 is 2.09 bits per heavy atom. The van der Waals surface area contributed by atoms with Gasteiger partial charge in [0.15, 0.2) is 0 Å². The number of amides is 2. The monoisotopic (exact) mass is 632 g/mol. The average Bonchev–Trinajstić information content (AvgIpc) is 2.97. The van der Waals surface area contributed by atoms with Crippen LogP contribution in [0.5, 0.6) is 5.75 Å². The number of hydrogen-bond donors (Lipinski definition) is 2. The van der Waals surface area contributed by atoms with E-state index in [9.17, 15) is 9.59 Å². The first-order chi connectivity index (χ1) is 20.8. The van der Waals surface area contributed by atoms with E-state index < -0.39 is 26.1 Å². The fraction of sp³-hybridized carbons (Fsp3) is 0.444. The zero-order valence-corrected chi connectivity index (χ0v) is 29.1. The zero-order valence-electron chi connectivity index (χ0n) is 27.2.